The van der Waals surface area contributed by atoms with E-state index in [1.165, 1.54) is 11.5 Å². The van der Waals surface area contributed by atoms with E-state index in [9.17, 15) is 0 Å². The third kappa shape index (κ3) is 3.20. The van der Waals surface area contributed by atoms with Crippen molar-refractivity contribution in [2.45, 2.75) is 0 Å². The molecule has 4 aromatic rings. The largest absolute Gasteiger partial charge is 0.493 e. The van der Waals surface area contributed by atoms with Gasteiger partial charge in [0.2, 0.25) is 11.6 Å². The molecule has 0 aliphatic heterocycles. The van der Waals surface area contributed by atoms with Crippen molar-refractivity contribution in [2.24, 2.45) is 0 Å². The van der Waals surface area contributed by atoms with Crippen LogP contribution in [0.4, 0.5) is 0 Å². The van der Waals surface area contributed by atoms with E-state index in [0.717, 1.165) is 27.9 Å². The van der Waals surface area contributed by atoms with E-state index in [-0.39, 0.29) is 0 Å². The van der Waals surface area contributed by atoms with Crippen LogP contribution in [0, 0.1) is 0 Å². The number of benzene rings is 2. The van der Waals surface area contributed by atoms with E-state index in [2.05, 4.69) is 9.36 Å². The molecule has 0 amide bonds. The lowest BCUT2D eigenvalue weighted by Gasteiger charge is -2.14. The summed E-state index contributed by atoms with van der Waals surface area (Å²) >= 11 is 1.40. The van der Waals surface area contributed by atoms with Crippen molar-refractivity contribution in [2.75, 3.05) is 21.3 Å². The van der Waals surface area contributed by atoms with Gasteiger partial charge in [-0.1, -0.05) is 12.1 Å². The molecule has 0 bridgehead atoms. The van der Waals surface area contributed by atoms with E-state index in [1.54, 1.807) is 33.8 Å². The molecule has 0 N–H and O–H groups in total. The Labute approximate surface area is 166 Å². The maximum atomic E-state index is 5.47. The molecule has 0 saturated carbocycles. The molecule has 0 saturated heterocycles. The molecule has 0 fully saturated rings. The normalized spacial score (nSPS) is 10.7. The van der Waals surface area contributed by atoms with E-state index in [1.807, 2.05) is 41.8 Å². The van der Waals surface area contributed by atoms with Crippen molar-refractivity contribution in [3.05, 3.63) is 54.2 Å². The van der Waals surface area contributed by atoms with Crippen LogP contribution in [-0.2, 0) is 0 Å². The van der Waals surface area contributed by atoms with Crippen LogP contribution in [0.3, 0.4) is 0 Å². The Bertz CT molecular complexity index is 1050. The van der Waals surface area contributed by atoms with Gasteiger partial charge in [0.1, 0.15) is 6.26 Å². The van der Waals surface area contributed by atoms with Gasteiger partial charge in [-0.05, 0) is 41.4 Å². The highest BCUT2D eigenvalue weighted by molar-refractivity contribution is 7.04. The predicted molar refractivity (Wildman–Crippen MR) is 108 cm³/mol. The first-order chi connectivity index (χ1) is 13.7. The summed E-state index contributed by atoms with van der Waals surface area (Å²) < 4.78 is 26.3. The van der Waals surface area contributed by atoms with Crippen LogP contribution in [0.15, 0.2) is 58.7 Å². The number of ether oxygens (including phenoxy) is 3. The van der Waals surface area contributed by atoms with Crippen LogP contribution in [0.2, 0.25) is 0 Å². The van der Waals surface area contributed by atoms with Crippen molar-refractivity contribution < 1.29 is 18.6 Å². The van der Waals surface area contributed by atoms with Gasteiger partial charge >= 0.3 is 0 Å². The minimum atomic E-state index is 0.556. The first kappa shape index (κ1) is 18.1. The Kier molecular flexibility index (Phi) is 4.99. The summed E-state index contributed by atoms with van der Waals surface area (Å²) in [4.78, 5) is 4.18. The fourth-order valence-electron chi connectivity index (χ4n) is 3.03. The number of hydrogen-bond donors (Lipinski definition) is 0. The van der Waals surface area contributed by atoms with Crippen molar-refractivity contribution in [3.8, 4) is 51.1 Å². The van der Waals surface area contributed by atoms with Gasteiger partial charge < -0.3 is 18.6 Å². The highest BCUT2D eigenvalue weighted by Crippen LogP contribution is 2.43. The number of hydrogen-bond acceptors (Lipinski definition) is 7. The molecular formula is C21H18N2O4S. The number of oxazole rings is 1. The zero-order valence-corrected chi connectivity index (χ0v) is 16.4. The van der Waals surface area contributed by atoms with Crippen LogP contribution >= 0.6 is 11.5 Å². The SMILES string of the molecule is COc1cc(-c2nscc2-c2ccc(-c3ncco3)cc2)cc(OC)c1OC. The molecule has 0 spiro atoms. The lowest BCUT2D eigenvalue weighted by Crippen LogP contribution is -1.96. The minimum Gasteiger partial charge on any atom is -0.493 e. The van der Waals surface area contributed by atoms with Crippen LogP contribution in [0.5, 0.6) is 17.2 Å². The number of methoxy groups -OCH3 is 3. The number of nitrogens with zero attached hydrogens (tertiary/aromatic N) is 2. The third-order valence-electron chi connectivity index (χ3n) is 4.38. The average molecular weight is 394 g/mol. The fraction of sp³-hybridized carbons (Fsp3) is 0.143. The molecule has 0 unspecified atom stereocenters. The lowest BCUT2D eigenvalue weighted by molar-refractivity contribution is 0.324. The first-order valence-electron chi connectivity index (χ1n) is 8.50. The van der Waals surface area contributed by atoms with Gasteiger partial charge in [0.15, 0.2) is 11.5 Å². The maximum Gasteiger partial charge on any atom is 0.225 e. The summed E-state index contributed by atoms with van der Waals surface area (Å²) in [5.41, 5.74) is 4.74. The van der Waals surface area contributed by atoms with Gasteiger partial charge in [-0.15, -0.1) is 0 Å². The monoisotopic (exact) mass is 394 g/mol. The Morgan fingerprint density at radius 2 is 1.54 bits per heavy atom. The smallest absolute Gasteiger partial charge is 0.225 e. The Hall–Kier alpha value is -3.32. The summed E-state index contributed by atoms with van der Waals surface area (Å²) in [5.74, 6) is 2.34. The second kappa shape index (κ2) is 7.74. The summed E-state index contributed by atoms with van der Waals surface area (Å²) in [7, 11) is 4.79. The second-order valence-corrected chi connectivity index (χ2v) is 6.53. The van der Waals surface area contributed by atoms with E-state index in [0.29, 0.717) is 23.1 Å². The van der Waals surface area contributed by atoms with Gasteiger partial charge in [0.25, 0.3) is 0 Å². The molecule has 2 aromatic heterocycles. The van der Waals surface area contributed by atoms with Crippen molar-refractivity contribution in [3.63, 3.8) is 0 Å². The van der Waals surface area contributed by atoms with Gasteiger partial charge in [-0.2, -0.15) is 4.37 Å². The minimum absolute atomic E-state index is 0.556. The Balaban J connectivity index is 1.76. The Morgan fingerprint density at radius 1 is 0.857 bits per heavy atom. The summed E-state index contributed by atoms with van der Waals surface area (Å²) in [6.07, 6.45) is 3.20. The molecule has 0 atom stereocenters. The molecular weight excluding hydrogens is 376 g/mol. The molecule has 0 aliphatic carbocycles. The summed E-state index contributed by atoms with van der Waals surface area (Å²) in [6, 6.07) is 11.8. The Morgan fingerprint density at radius 3 is 2.11 bits per heavy atom. The number of rotatable bonds is 6. The standard InChI is InChI=1S/C21H18N2O4S/c1-24-17-10-15(11-18(25-2)20(17)26-3)19-16(12-28-23-19)13-4-6-14(7-5-13)21-22-8-9-27-21/h4-12H,1-3H3. The zero-order chi connectivity index (χ0) is 19.5. The topological polar surface area (TPSA) is 66.6 Å². The van der Waals surface area contributed by atoms with Crippen LogP contribution < -0.4 is 14.2 Å². The highest BCUT2D eigenvalue weighted by atomic mass is 32.1. The fourth-order valence-corrected chi connectivity index (χ4v) is 3.74. The molecule has 28 heavy (non-hydrogen) atoms. The highest BCUT2D eigenvalue weighted by Gasteiger charge is 2.18. The van der Waals surface area contributed by atoms with Gasteiger partial charge in [-0.25, -0.2) is 4.98 Å². The van der Waals surface area contributed by atoms with Crippen molar-refractivity contribution >= 4 is 11.5 Å². The first-order valence-corrected chi connectivity index (χ1v) is 9.34. The average Bonchev–Trinajstić information content (AvgIpc) is 3.45. The van der Waals surface area contributed by atoms with E-state index >= 15 is 0 Å². The molecule has 7 heteroatoms. The van der Waals surface area contributed by atoms with Gasteiger partial charge in [-0.3, -0.25) is 0 Å². The molecule has 6 nitrogen and oxygen atoms in total. The van der Waals surface area contributed by atoms with Crippen LogP contribution in [-0.4, -0.2) is 30.7 Å². The number of aromatic nitrogens is 2. The zero-order valence-electron chi connectivity index (χ0n) is 15.6. The predicted octanol–water partition coefficient (Wildman–Crippen LogP) is 5.16. The molecule has 142 valence electrons. The van der Waals surface area contributed by atoms with Gasteiger partial charge in [0, 0.05) is 22.1 Å². The van der Waals surface area contributed by atoms with Crippen molar-refractivity contribution in [1.82, 2.24) is 9.36 Å². The van der Waals surface area contributed by atoms with E-state index in [4.69, 9.17) is 18.6 Å². The summed E-state index contributed by atoms with van der Waals surface area (Å²) in [6.45, 7) is 0. The molecule has 4 rings (SSSR count). The maximum absolute atomic E-state index is 5.47. The molecule has 0 aliphatic rings. The van der Waals surface area contributed by atoms with Crippen LogP contribution in [0.25, 0.3) is 33.8 Å². The van der Waals surface area contributed by atoms with Gasteiger partial charge in [0.05, 0.1) is 33.2 Å². The van der Waals surface area contributed by atoms with Crippen molar-refractivity contribution in [1.29, 1.82) is 0 Å². The molecule has 0 radical (unpaired) electrons. The lowest BCUT2D eigenvalue weighted by atomic mass is 10.00. The molecule has 2 heterocycles. The van der Waals surface area contributed by atoms with Crippen LogP contribution in [0.1, 0.15) is 0 Å². The third-order valence-corrected chi connectivity index (χ3v) is 5.01. The molecule has 2 aromatic carbocycles. The second-order valence-electron chi connectivity index (χ2n) is 5.91. The summed E-state index contributed by atoms with van der Waals surface area (Å²) in [5, 5.41) is 2.03. The van der Waals surface area contributed by atoms with E-state index < -0.39 is 0 Å². The quantitative estimate of drug-likeness (QED) is 0.450.